The highest BCUT2D eigenvalue weighted by Gasteiger charge is 2.05. The predicted molar refractivity (Wildman–Crippen MR) is 58.7 cm³/mol. The lowest BCUT2D eigenvalue weighted by atomic mass is 10.3. The minimum atomic E-state index is -0.245. The Kier molecular flexibility index (Phi) is 3.79. The fourth-order valence-corrected chi connectivity index (χ4v) is 0.951. The molecule has 1 aromatic rings. The Morgan fingerprint density at radius 2 is 2.27 bits per heavy atom. The van der Waals surface area contributed by atoms with E-state index < -0.39 is 0 Å². The van der Waals surface area contributed by atoms with E-state index in [0.29, 0.717) is 11.5 Å². The van der Waals surface area contributed by atoms with Gasteiger partial charge in [-0.1, -0.05) is 6.08 Å². The summed E-state index contributed by atoms with van der Waals surface area (Å²) in [4.78, 5) is 11.2. The molecule has 15 heavy (non-hydrogen) atoms. The zero-order chi connectivity index (χ0) is 11.3. The number of aromatic nitrogens is 2. The second-order valence-corrected chi connectivity index (χ2v) is 3.05. The first kappa shape index (κ1) is 11.2. The number of rotatable bonds is 4. The lowest BCUT2D eigenvalue weighted by molar-refractivity contribution is 0.0957. The van der Waals surface area contributed by atoms with E-state index in [0.717, 1.165) is 0 Å². The zero-order valence-electron chi connectivity index (χ0n) is 8.82. The van der Waals surface area contributed by atoms with Crippen molar-refractivity contribution in [3.8, 4) is 0 Å². The molecular weight excluding hydrogens is 192 g/mol. The summed E-state index contributed by atoms with van der Waals surface area (Å²) >= 11 is 0. The molecule has 0 aromatic carbocycles. The van der Waals surface area contributed by atoms with E-state index in [4.69, 9.17) is 0 Å². The second kappa shape index (κ2) is 5.09. The summed E-state index contributed by atoms with van der Waals surface area (Å²) in [7, 11) is 1.55. The molecule has 0 saturated heterocycles. The third kappa shape index (κ3) is 3.05. The van der Waals surface area contributed by atoms with Crippen molar-refractivity contribution in [1.29, 1.82) is 0 Å². The first-order valence-electron chi connectivity index (χ1n) is 4.62. The SMILES string of the molecule is C=CC(C)Nc1ccc(C(=O)NC)nn1. The van der Waals surface area contributed by atoms with Gasteiger partial charge in [-0.15, -0.1) is 16.8 Å². The van der Waals surface area contributed by atoms with Crippen LogP contribution in [-0.4, -0.2) is 29.2 Å². The van der Waals surface area contributed by atoms with Gasteiger partial charge < -0.3 is 10.6 Å². The van der Waals surface area contributed by atoms with Gasteiger partial charge in [0.25, 0.3) is 5.91 Å². The smallest absolute Gasteiger partial charge is 0.271 e. The first-order valence-corrected chi connectivity index (χ1v) is 4.62. The molecule has 5 nitrogen and oxygen atoms in total. The van der Waals surface area contributed by atoms with E-state index in [-0.39, 0.29) is 11.9 Å². The van der Waals surface area contributed by atoms with Gasteiger partial charge in [-0.25, -0.2) is 0 Å². The second-order valence-electron chi connectivity index (χ2n) is 3.05. The number of nitrogens with zero attached hydrogens (tertiary/aromatic N) is 2. The van der Waals surface area contributed by atoms with Gasteiger partial charge in [0.05, 0.1) is 0 Å². The summed E-state index contributed by atoms with van der Waals surface area (Å²) in [5, 5.41) is 13.2. The van der Waals surface area contributed by atoms with Crippen LogP contribution in [0.2, 0.25) is 0 Å². The molecule has 0 spiro atoms. The summed E-state index contributed by atoms with van der Waals surface area (Å²) < 4.78 is 0. The number of hydrogen-bond donors (Lipinski definition) is 2. The summed E-state index contributed by atoms with van der Waals surface area (Å²) in [6, 6.07) is 3.44. The maximum Gasteiger partial charge on any atom is 0.271 e. The Morgan fingerprint density at radius 1 is 1.53 bits per heavy atom. The van der Waals surface area contributed by atoms with Gasteiger partial charge in [0, 0.05) is 13.1 Å². The van der Waals surface area contributed by atoms with E-state index >= 15 is 0 Å². The van der Waals surface area contributed by atoms with Crippen LogP contribution in [0.3, 0.4) is 0 Å². The third-order valence-corrected chi connectivity index (χ3v) is 1.85. The Bertz CT molecular complexity index is 347. The van der Waals surface area contributed by atoms with Gasteiger partial charge in [0.1, 0.15) is 5.82 Å². The van der Waals surface area contributed by atoms with Gasteiger partial charge >= 0.3 is 0 Å². The molecule has 1 heterocycles. The van der Waals surface area contributed by atoms with Crippen molar-refractivity contribution in [3.05, 3.63) is 30.5 Å². The lowest BCUT2D eigenvalue weighted by Gasteiger charge is -2.08. The first-order chi connectivity index (χ1) is 7.17. The summed E-state index contributed by atoms with van der Waals surface area (Å²) in [5.41, 5.74) is 0.300. The van der Waals surface area contributed by atoms with Gasteiger partial charge in [-0.3, -0.25) is 4.79 Å². The molecule has 0 fully saturated rings. The van der Waals surface area contributed by atoms with E-state index in [1.54, 1.807) is 25.3 Å². The number of anilines is 1. The average Bonchev–Trinajstić information content (AvgIpc) is 2.29. The molecule has 0 bridgehead atoms. The monoisotopic (exact) mass is 206 g/mol. The van der Waals surface area contributed by atoms with E-state index in [1.165, 1.54) is 0 Å². The van der Waals surface area contributed by atoms with Crippen LogP contribution in [0.5, 0.6) is 0 Å². The minimum absolute atomic E-state index is 0.116. The molecule has 2 N–H and O–H groups in total. The highest BCUT2D eigenvalue weighted by molar-refractivity contribution is 5.91. The van der Waals surface area contributed by atoms with Crippen LogP contribution in [0.15, 0.2) is 24.8 Å². The molecule has 5 heteroatoms. The molecule has 80 valence electrons. The maximum atomic E-state index is 11.2. The topological polar surface area (TPSA) is 66.9 Å². The number of hydrogen-bond acceptors (Lipinski definition) is 4. The van der Waals surface area contributed by atoms with Crippen LogP contribution < -0.4 is 10.6 Å². The predicted octanol–water partition coefficient (Wildman–Crippen LogP) is 0.823. The van der Waals surface area contributed by atoms with Crippen molar-refractivity contribution < 1.29 is 4.79 Å². The molecule has 0 aliphatic carbocycles. The largest absolute Gasteiger partial charge is 0.363 e. The molecule has 0 radical (unpaired) electrons. The minimum Gasteiger partial charge on any atom is -0.363 e. The molecule has 1 unspecified atom stereocenters. The zero-order valence-corrected chi connectivity index (χ0v) is 8.82. The lowest BCUT2D eigenvalue weighted by Crippen LogP contribution is -2.20. The van der Waals surface area contributed by atoms with Crippen LogP contribution in [0.25, 0.3) is 0 Å². The highest BCUT2D eigenvalue weighted by Crippen LogP contribution is 2.04. The average molecular weight is 206 g/mol. The molecule has 0 saturated carbocycles. The molecule has 1 atom stereocenters. The number of nitrogens with one attached hydrogen (secondary N) is 2. The number of amides is 1. The third-order valence-electron chi connectivity index (χ3n) is 1.85. The molecular formula is C10H14N4O. The van der Waals surface area contributed by atoms with Crippen molar-refractivity contribution >= 4 is 11.7 Å². The standard InChI is InChI=1S/C10H14N4O/c1-4-7(2)12-9-6-5-8(13-14-9)10(15)11-3/h4-7H,1H2,2-3H3,(H,11,15)(H,12,14). The van der Waals surface area contributed by atoms with E-state index in [1.807, 2.05) is 6.92 Å². The van der Waals surface area contributed by atoms with E-state index in [9.17, 15) is 4.79 Å². The summed E-state index contributed by atoms with van der Waals surface area (Å²) in [6.07, 6.45) is 1.76. The molecule has 1 aromatic heterocycles. The van der Waals surface area contributed by atoms with Crippen molar-refractivity contribution in [2.45, 2.75) is 13.0 Å². The number of carbonyl (C=O) groups is 1. The van der Waals surface area contributed by atoms with Gasteiger partial charge in [-0.05, 0) is 19.1 Å². The molecule has 1 rings (SSSR count). The Balaban J connectivity index is 2.72. The molecule has 0 aliphatic heterocycles. The van der Waals surface area contributed by atoms with Gasteiger partial charge in [0.2, 0.25) is 0 Å². The van der Waals surface area contributed by atoms with Crippen LogP contribution >= 0.6 is 0 Å². The van der Waals surface area contributed by atoms with Crippen LogP contribution in [0.4, 0.5) is 5.82 Å². The van der Waals surface area contributed by atoms with E-state index in [2.05, 4.69) is 27.4 Å². The Morgan fingerprint density at radius 3 is 2.73 bits per heavy atom. The Labute approximate surface area is 88.6 Å². The quantitative estimate of drug-likeness (QED) is 0.716. The van der Waals surface area contributed by atoms with Crippen LogP contribution in [0.1, 0.15) is 17.4 Å². The normalized spacial score (nSPS) is 11.6. The van der Waals surface area contributed by atoms with Crippen molar-refractivity contribution in [2.75, 3.05) is 12.4 Å². The van der Waals surface area contributed by atoms with Gasteiger partial charge in [0.15, 0.2) is 5.69 Å². The summed E-state index contributed by atoms with van der Waals surface area (Å²) in [5.74, 6) is 0.376. The molecule has 1 amide bonds. The van der Waals surface area contributed by atoms with Crippen LogP contribution in [-0.2, 0) is 0 Å². The van der Waals surface area contributed by atoms with Crippen molar-refractivity contribution in [1.82, 2.24) is 15.5 Å². The molecule has 0 aliphatic rings. The van der Waals surface area contributed by atoms with Gasteiger partial charge in [-0.2, -0.15) is 0 Å². The fourth-order valence-electron chi connectivity index (χ4n) is 0.951. The Hall–Kier alpha value is -1.91. The highest BCUT2D eigenvalue weighted by atomic mass is 16.1. The van der Waals surface area contributed by atoms with Crippen molar-refractivity contribution in [2.24, 2.45) is 0 Å². The van der Waals surface area contributed by atoms with Crippen LogP contribution in [0, 0.1) is 0 Å². The van der Waals surface area contributed by atoms with Crippen molar-refractivity contribution in [3.63, 3.8) is 0 Å². The number of carbonyl (C=O) groups excluding carboxylic acids is 1. The maximum absolute atomic E-state index is 11.2. The summed E-state index contributed by atoms with van der Waals surface area (Å²) in [6.45, 7) is 5.59. The fraction of sp³-hybridized carbons (Fsp3) is 0.300.